The van der Waals surface area contributed by atoms with E-state index in [1.807, 2.05) is 44.4 Å². The molecule has 0 saturated heterocycles. The maximum Gasteiger partial charge on any atom is 0.293 e. The minimum Gasteiger partial charge on any atom is -0.463 e. The summed E-state index contributed by atoms with van der Waals surface area (Å²) in [5, 5.41) is 2.75. The molecule has 1 rings (SSSR count). The summed E-state index contributed by atoms with van der Waals surface area (Å²) in [4.78, 5) is 9.76. The molecule has 3 heteroatoms. The average Bonchev–Trinajstić information content (AvgIpc) is 2.18. The summed E-state index contributed by atoms with van der Waals surface area (Å²) in [5.74, 6) is 0. The van der Waals surface area contributed by atoms with Gasteiger partial charge in [0.25, 0.3) is 6.47 Å². The number of carbonyl (C=O) groups excluding carboxylic acids is 1. The Morgan fingerprint density at radius 3 is 2.31 bits per heavy atom. The smallest absolute Gasteiger partial charge is 0.293 e. The normalized spacial score (nSPS) is 8.15. The molecule has 1 N–H and O–H groups in total. The molecule has 0 aromatic heterocycles. The van der Waals surface area contributed by atoms with E-state index in [2.05, 4.69) is 10.1 Å². The first-order valence-electron chi connectivity index (χ1n) is 4.02. The number of ether oxygens (including phenoxy) is 1. The molecule has 13 heavy (non-hydrogen) atoms. The second kappa shape index (κ2) is 8.74. The number of rotatable bonds is 3. The molecule has 0 fully saturated rings. The number of carbonyl (C=O) groups is 1. The zero-order valence-corrected chi connectivity index (χ0v) is 7.99. The predicted octanol–water partition coefficient (Wildman–Crippen LogP) is 1.20. The quantitative estimate of drug-likeness (QED) is 0.712. The van der Waals surface area contributed by atoms with Gasteiger partial charge in [-0.1, -0.05) is 30.3 Å². The van der Waals surface area contributed by atoms with Gasteiger partial charge in [-0.3, -0.25) is 4.79 Å². The first kappa shape index (κ1) is 11.6. The van der Waals surface area contributed by atoms with E-state index < -0.39 is 0 Å². The van der Waals surface area contributed by atoms with Crippen molar-refractivity contribution in [3.63, 3.8) is 0 Å². The Morgan fingerprint density at radius 1 is 1.31 bits per heavy atom. The third kappa shape index (κ3) is 7.03. The zero-order valence-electron chi connectivity index (χ0n) is 7.99. The fourth-order valence-electron chi connectivity index (χ4n) is 0.704. The van der Waals surface area contributed by atoms with E-state index in [-0.39, 0.29) is 0 Å². The van der Waals surface area contributed by atoms with Crippen LogP contribution in [0.25, 0.3) is 0 Å². The van der Waals surface area contributed by atoms with Crippen LogP contribution in [0.15, 0.2) is 30.3 Å². The number of hydrogen-bond donors (Lipinski definition) is 1. The van der Waals surface area contributed by atoms with Gasteiger partial charge in [-0.15, -0.1) is 0 Å². The molecule has 72 valence electrons. The third-order valence-corrected chi connectivity index (χ3v) is 1.16. The minimum atomic E-state index is 0.365. The maximum absolute atomic E-state index is 9.76. The number of nitrogens with one attached hydrogen (secondary N) is 1. The average molecular weight is 181 g/mol. The van der Waals surface area contributed by atoms with Gasteiger partial charge in [0, 0.05) is 0 Å². The summed E-state index contributed by atoms with van der Waals surface area (Å²) in [5.41, 5.74) is 1.01. The maximum atomic E-state index is 9.76. The largest absolute Gasteiger partial charge is 0.463 e. The van der Waals surface area contributed by atoms with Crippen LogP contribution in [0.5, 0.6) is 0 Å². The van der Waals surface area contributed by atoms with Gasteiger partial charge in [0.2, 0.25) is 0 Å². The van der Waals surface area contributed by atoms with E-state index in [4.69, 9.17) is 0 Å². The van der Waals surface area contributed by atoms with E-state index in [9.17, 15) is 4.79 Å². The first-order valence-corrected chi connectivity index (χ1v) is 4.02. The van der Waals surface area contributed by atoms with Crippen LogP contribution in [0.1, 0.15) is 5.56 Å². The number of hydrogen-bond acceptors (Lipinski definition) is 3. The summed E-state index contributed by atoms with van der Waals surface area (Å²) >= 11 is 0. The highest BCUT2D eigenvalue weighted by atomic mass is 16.5. The summed E-state index contributed by atoms with van der Waals surface area (Å²) in [7, 11) is 3.75. The molecule has 0 radical (unpaired) electrons. The predicted molar refractivity (Wildman–Crippen MR) is 52.3 cm³/mol. The molecule has 0 amide bonds. The molecular weight excluding hydrogens is 166 g/mol. The number of benzene rings is 1. The van der Waals surface area contributed by atoms with Gasteiger partial charge in [0.15, 0.2) is 0 Å². The van der Waals surface area contributed by atoms with Crippen molar-refractivity contribution in [3.05, 3.63) is 35.9 Å². The summed E-state index contributed by atoms with van der Waals surface area (Å²) in [6, 6.07) is 9.55. The van der Waals surface area contributed by atoms with Crippen LogP contribution >= 0.6 is 0 Å². The van der Waals surface area contributed by atoms with Crippen molar-refractivity contribution in [1.29, 1.82) is 0 Å². The molecule has 0 aliphatic heterocycles. The van der Waals surface area contributed by atoms with Crippen molar-refractivity contribution in [2.75, 3.05) is 14.1 Å². The molecule has 0 saturated carbocycles. The highest BCUT2D eigenvalue weighted by Gasteiger charge is 1.87. The van der Waals surface area contributed by atoms with Gasteiger partial charge in [0.1, 0.15) is 6.61 Å². The topological polar surface area (TPSA) is 38.3 Å². The fraction of sp³-hybridized carbons (Fsp3) is 0.300. The molecule has 0 unspecified atom stereocenters. The van der Waals surface area contributed by atoms with Crippen LogP contribution in [0.4, 0.5) is 0 Å². The van der Waals surface area contributed by atoms with Crippen LogP contribution in [0.2, 0.25) is 0 Å². The second-order valence-electron chi connectivity index (χ2n) is 2.39. The monoisotopic (exact) mass is 181 g/mol. The third-order valence-electron chi connectivity index (χ3n) is 1.16. The minimum absolute atomic E-state index is 0.365. The lowest BCUT2D eigenvalue weighted by Crippen LogP contribution is -1.89. The van der Waals surface area contributed by atoms with E-state index in [1.54, 1.807) is 0 Å². The van der Waals surface area contributed by atoms with Gasteiger partial charge in [0.05, 0.1) is 0 Å². The molecule has 1 aromatic carbocycles. The fourth-order valence-corrected chi connectivity index (χ4v) is 0.704. The Balaban J connectivity index is 0.000000424. The van der Waals surface area contributed by atoms with Crippen LogP contribution in [-0.2, 0) is 16.1 Å². The van der Waals surface area contributed by atoms with Crippen LogP contribution in [0.3, 0.4) is 0 Å². The summed E-state index contributed by atoms with van der Waals surface area (Å²) in [6.45, 7) is 0.817. The van der Waals surface area contributed by atoms with Crippen molar-refractivity contribution in [3.8, 4) is 0 Å². The van der Waals surface area contributed by atoms with Crippen molar-refractivity contribution in [1.82, 2.24) is 5.32 Å². The Hall–Kier alpha value is -1.35. The lowest BCUT2D eigenvalue weighted by Gasteiger charge is -1.95. The van der Waals surface area contributed by atoms with E-state index in [1.165, 1.54) is 0 Å². The molecular formula is C10H15NO2. The van der Waals surface area contributed by atoms with E-state index in [0.29, 0.717) is 13.1 Å². The van der Waals surface area contributed by atoms with Gasteiger partial charge < -0.3 is 10.1 Å². The van der Waals surface area contributed by atoms with Crippen LogP contribution in [0, 0.1) is 0 Å². The molecule has 0 atom stereocenters. The first-order chi connectivity index (χ1) is 6.35. The molecule has 1 aromatic rings. The Labute approximate surface area is 78.7 Å². The van der Waals surface area contributed by atoms with Gasteiger partial charge in [-0.05, 0) is 19.7 Å². The van der Waals surface area contributed by atoms with Gasteiger partial charge in [-0.25, -0.2) is 0 Å². The van der Waals surface area contributed by atoms with Crippen molar-refractivity contribution in [2.45, 2.75) is 6.61 Å². The summed E-state index contributed by atoms with van der Waals surface area (Å²) < 4.78 is 4.54. The van der Waals surface area contributed by atoms with Crippen molar-refractivity contribution < 1.29 is 9.53 Å². The molecule has 0 spiro atoms. The lowest BCUT2D eigenvalue weighted by molar-refractivity contribution is -0.129. The highest BCUT2D eigenvalue weighted by molar-refractivity contribution is 5.37. The highest BCUT2D eigenvalue weighted by Crippen LogP contribution is 1.98. The van der Waals surface area contributed by atoms with Crippen molar-refractivity contribution in [2.24, 2.45) is 0 Å². The van der Waals surface area contributed by atoms with E-state index >= 15 is 0 Å². The Morgan fingerprint density at radius 2 is 1.85 bits per heavy atom. The molecule has 0 aliphatic carbocycles. The van der Waals surface area contributed by atoms with Gasteiger partial charge in [-0.2, -0.15) is 0 Å². The SMILES string of the molecule is CNC.O=COCc1ccccc1. The standard InChI is InChI=1S/C8H8O2.C2H7N/c9-7-10-6-8-4-2-1-3-5-8;1-3-2/h1-5,7H,6H2;3H,1-2H3. The van der Waals surface area contributed by atoms with E-state index in [0.717, 1.165) is 5.56 Å². The van der Waals surface area contributed by atoms with Gasteiger partial charge >= 0.3 is 0 Å². The van der Waals surface area contributed by atoms with Crippen LogP contribution in [-0.4, -0.2) is 20.6 Å². The Kier molecular flexibility index (Phi) is 7.84. The molecule has 0 aliphatic rings. The lowest BCUT2D eigenvalue weighted by atomic mass is 10.2. The summed E-state index contributed by atoms with van der Waals surface area (Å²) in [6.07, 6.45) is 0. The molecule has 0 bridgehead atoms. The zero-order chi connectivity index (χ0) is 9.94. The second-order valence-corrected chi connectivity index (χ2v) is 2.39. The molecule has 0 heterocycles. The van der Waals surface area contributed by atoms with Crippen LogP contribution < -0.4 is 5.32 Å². The Bertz CT molecular complexity index is 211. The van der Waals surface area contributed by atoms with Crippen molar-refractivity contribution >= 4 is 6.47 Å². The molecule has 3 nitrogen and oxygen atoms in total.